The summed E-state index contributed by atoms with van der Waals surface area (Å²) in [5.74, 6) is -1.55. The van der Waals surface area contributed by atoms with Crippen molar-refractivity contribution in [2.24, 2.45) is 0 Å². The highest BCUT2D eigenvalue weighted by Gasteiger charge is 2.11. The first kappa shape index (κ1) is 10.3. The van der Waals surface area contributed by atoms with Gasteiger partial charge in [-0.3, -0.25) is 0 Å². The molecule has 7 heteroatoms. The van der Waals surface area contributed by atoms with Crippen LogP contribution in [0.1, 0.15) is 0 Å². The average Bonchev–Trinajstić information content (AvgIpc) is 2.58. The lowest BCUT2D eigenvalue weighted by Crippen LogP contribution is -2.03. The molecule has 16 heavy (non-hydrogen) atoms. The number of ether oxygens (including phenoxy) is 1. The normalized spacial score (nSPS) is 10.4. The second-order valence-corrected chi connectivity index (χ2v) is 2.99. The number of anilines is 1. The lowest BCUT2D eigenvalue weighted by atomic mass is 10.4. The van der Waals surface area contributed by atoms with Crippen LogP contribution in [0.15, 0.2) is 18.3 Å². The molecule has 0 saturated heterocycles. The van der Waals surface area contributed by atoms with E-state index in [0.29, 0.717) is 0 Å². The molecule has 0 aliphatic rings. The summed E-state index contributed by atoms with van der Waals surface area (Å²) in [4.78, 5) is 3.66. The third-order valence-electron chi connectivity index (χ3n) is 1.92. The summed E-state index contributed by atoms with van der Waals surface area (Å²) in [6.45, 7) is 0. The maximum atomic E-state index is 13.3. The van der Waals surface area contributed by atoms with Crippen LogP contribution in [0.2, 0.25) is 0 Å². The summed E-state index contributed by atoms with van der Waals surface area (Å²) in [6, 6.07) is 2.09. The van der Waals surface area contributed by atoms with Crippen LogP contribution in [0.25, 0.3) is 5.69 Å². The molecular weight excluding hydrogens is 218 g/mol. The van der Waals surface area contributed by atoms with Crippen LogP contribution in [0.4, 0.5) is 14.6 Å². The number of rotatable bonds is 2. The van der Waals surface area contributed by atoms with Gasteiger partial charge < -0.3 is 10.5 Å². The van der Waals surface area contributed by atoms with Crippen molar-refractivity contribution in [3.8, 4) is 11.6 Å². The molecule has 0 atom stereocenters. The summed E-state index contributed by atoms with van der Waals surface area (Å²) < 4.78 is 32.0. The van der Waals surface area contributed by atoms with Gasteiger partial charge in [-0.15, -0.1) is 5.10 Å². The first-order valence-electron chi connectivity index (χ1n) is 4.33. The van der Waals surface area contributed by atoms with Crippen LogP contribution in [-0.2, 0) is 0 Å². The molecule has 2 aromatic rings. The Balaban J connectivity index is 2.49. The summed E-state index contributed by atoms with van der Waals surface area (Å²) in [6.07, 6.45) is 1.23. The lowest BCUT2D eigenvalue weighted by Gasteiger charge is -2.04. The van der Waals surface area contributed by atoms with Gasteiger partial charge in [-0.05, 0) is 0 Å². The van der Waals surface area contributed by atoms with Crippen molar-refractivity contribution >= 4 is 5.82 Å². The van der Waals surface area contributed by atoms with E-state index in [1.54, 1.807) is 0 Å². The highest BCUT2D eigenvalue weighted by atomic mass is 19.1. The minimum absolute atomic E-state index is 0.00808. The van der Waals surface area contributed by atoms with E-state index in [9.17, 15) is 8.78 Å². The maximum absolute atomic E-state index is 13.3. The first-order valence-corrected chi connectivity index (χ1v) is 4.33. The number of nitrogen functional groups attached to an aromatic ring is 1. The van der Waals surface area contributed by atoms with E-state index in [4.69, 9.17) is 5.73 Å². The molecule has 0 aromatic carbocycles. The summed E-state index contributed by atoms with van der Waals surface area (Å²) in [7, 11) is 1.29. The van der Waals surface area contributed by atoms with Crippen molar-refractivity contribution in [1.82, 2.24) is 14.8 Å². The second-order valence-electron chi connectivity index (χ2n) is 2.99. The van der Waals surface area contributed by atoms with Crippen molar-refractivity contribution in [1.29, 1.82) is 0 Å². The predicted octanol–water partition coefficient (Wildman–Crippen LogP) is 1.14. The molecule has 2 aromatic heterocycles. The number of halogens is 2. The summed E-state index contributed by atoms with van der Waals surface area (Å²) in [5, 5.41) is 3.65. The topological polar surface area (TPSA) is 66.0 Å². The van der Waals surface area contributed by atoms with Crippen LogP contribution >= 0.6 is 0 Å². The second kappa shape index (κ2) is 3.76. The number of hydrogen-bond donors (Lipinski definition) is 1. The zero-order valence-electron chi connectivity index (χ0n) is 8.32. The van der Waals surface area contributed by atoms with E-state index in [1.165, 1.54) is 13.3 Å². The number of nitrogens with zero attached hydrogens (tertiary/aromatic N) is 3. The fraction of sp³-hybridized carbons (Fsp3) is 0.111. The molecule has 84 valence electrons. The molecule has 0 aliphatic carbocycles. The molecule has 0 bridgehead atoms. The van der Waals surface area contributed by atoms with Crippen LogP contribution in [0, 0.1) is 11.8 Å². The molecule has 0 aliphatic heterocycles. The zero-order valence-corrected chi connectivity index (χ0v) is 8.32. The van der Waals surface area contributed by atoms with Gasteiger partial charge in [-0.1, -0.05) is 0 Å². The van der Waals surface area contributed by atoms with Crippen molar-refractivity contribution in [3.05, 3.63) is 30.1 Å². The fourth-order valence-corrected chi connectivity index (χ4v) is 1.24. The summed E-state index contributed by atoms with van der Waals surface area (Å²) in [5.41, 5.74) is 5.43. The van der Waals surface area contributed by atoms with Crippen LogP contribution in [-0.4, -0.2) is 21.9 Å². The molecule has 0 amide bonds. The quantitative estimate of drug-likeness (QED) is 0.833. The lowest BCUT2D eigenvalue weighted by molar-refractivity contribution is 0.368. The Bertz CT molecular complexity index is 526. The highest BCUT2D eigenvalue weighted by Crippen LogP contribution is 2.18. The van der Waals surface area contributed by atoms with Gasteiger partial charge in [0, 0.05) is 12.1 Å². The van der Waals surface area contributed by atoms with Crippen molar-refractivity contribution in [2.45, 2.75) is 0 Å². The Labute approximate surface area is 89.5 Å². The average molecular weight is 226 g/mol. The number of nitrogens with two attached hydrogens (primary N) is 1. The molecule has 0 unspecified atom stereocenters. The molecular formula is C9H8F2N4O. The molecule has 2 rings (SSSR count). The highest BCUT2D eigenvalue weighted by molar-refractivity contribution is 5.36. The SMILES string of the molecule is COc1ncc(-n2nc(N)cc2F)cc1F. The van der Waals surface area contributed by atoms with Crippen LogP contribution in [0.3, 0.4) is 0 Å². The van der Waals surface area contributed by atoms with E-state index in [1.807, 2.05) is 0 Å². The van der Waals surface area contributed by atoms with Gasteiger partial charge >= 0.3 is 0 Å². The molecule has 2 heterocycles. The number of aromatic nitrogens is 3. The Morgan fingerprint density at radius 2 is 2.12 bits per heavy atom. The van der Waals surface area contributed by atoms with Crippen LogP contribution < -0.4 is 10.5 Å². The van der Waals surface area contributed by atoms with Gasteiger partial charge in [0.2, 0.25) is 11.8 Å². The van der Waals surface area contributed by atoms with Crippen LogP contribution in [0.5, 0.6) is 5.88 Å². The van der Waals surface area contributed by atoms with E-state index < -0.39 is 11.8 Å². The van der Waals surface area contributed by atoms with E-state index in [2.05, 4.69) is 14.8 Å². The fourth-order valence-electron chi connectivity index (χ4n) is 1.24. The smallest absolute Gasteiger partial charge is 0.250 e. The van der Waals surface area contributed by atoms with Gasteiger partial charge in [0.25, 0.3) is 0 Å². The van der Waals surface area contributed by atoms with Gasteiger partial charge in [0.05, 0.1) is 19.0 Å². The largest absolute Gasteiger partial charge is 0.479 e. The van der Waals surface area contributed by atoms with Gasteiger partial charge in [0.1, 0.15) is 5.82 Å². The van der Waals surface area contributed by atoms with Gasteiger partial charge in [0.15, 0.2) is 5.82 Å². The van der Waals surface area contributed by atoms with E-state index in [0.717, 1.165) is 16.8 Å². The van der Waals surface area contributed by atoms with Crippen molar-refractivity contribution in [2.75, 3.05) is 12.8 Å². The molecule has 0 fully saturated rings. The number of hydrogen-bond acceptors (Lipinski definition) is 4. The van der Waals surface area contributed by atoms with Gasteiger partial charge in [-0.25, -0.2) is 14.1 Å². The molecule has 0 saturated carbocycles. The zero-order chi connectivity index (χ0) is 11.7. The number of methoxy groups -OCH3 is 1. The molecule has 0 radical (unpaired) electrons. The Hall–Kier alpha value is -2.18. The molecule has 2 N–H and O–H groups in total. The predicted molar refractivity (Wildman–Crippen MR) is 52.2 cm³/mol. The molecule has 5 nitrogen and oxygen atoms in total. The Morgan fingerprint density at radius 1 is 1.38 bits per heavy atom. The minimum atomic E-state index is -0.700. The Morgan fingerprint density at radius 3 is 2.62 bits per heavy atom. The Kier molecular flexibility index (Phi) is 2.43. The monoisotopic (exact) mass is 226 g/mol. The third kappa shape index (κ3) is 1.67. The molecule has 0 spiro atoms. The summed E-state index contributed by atoms with van der Waals surface area (Å²) >= 11 is 0. The van der Waals surface area contributed by atoms with Gasteiger partial charge in [-0.2, -0.15) is 4.39 Å². The van der Waals surface area contributed by atoms with E-state index >= 15 is 0 Å². The minimum Gasteiger partial charge on any atom is -0.479 e. The number of pyridine rings is 1. The van der Waals surface area contributed by atoms with E-state index in [-0.39, 0.29) is 17.4 Å². The van der Waals surface area contributed by atoms with Crippen molar-refractivity contribution in [3.63, 3.8) is 0 Å². The standard InChI is InChI=1S/C9H8F2N4O/c1-16-9-6(10)2-5(4-13-9)15-7(11)3-8(12)14-15/h2-4H,1H3,(H2,12,14). The maximum Gasteiger partial charge on any atom is 0.250 e. The van der Waals surface area contributed by atoms with Crippen molar-refractivity contribution < 1.29 is 13.5 Å². The first-order chi connectivity index (χ1) is 7.61. The third-order valence-corrected chi connectivity index (χ3v) is 1.92.